The molecule has 0 amide bonds. The van der Waals surface area contributed by atoms with Gasteiger partial charge in [0.05, 0.1) is 6.10 Å². The Labute approximate surface area is 123 Å². The highest BCUT2D eigenvalue weighted by molar-refractivity contribution is 7.89. The summed E-state index contributed by atoms with van der Waals surface area (Å²) in [6, 6.07) is 0. The molecule has 0 spiro atoms. The number of hydrogen-bond donors (Lipinski definition) is 2. The van der Waals surface area contributed by atoms with Crippen LogP contribution in [0.4, 0.5) is 0 Å². The third kappa shape index (κ3) is 3.45. The first-order chi connectivity index (χ1) is 9.83. The van der Waals surface area contributed by atoms with E-state index < -0.39 is 16.0 Å². The number of aromatic carboxylic acids is 1. The molecule has 1 aromatic heterocycles. The van der Waals surface area contributed by atoms with E-state index >= 15 is 0 Å². The summed E-state index contributed by atoms with van der Waals surface area (Å²) in [6.45, 7) is 3.62. The largest absolute Gasteiger partial charge is 0.478 e. The van der Waals surface area contributed by atoms with Crippen LogP contribution in [0.25, 0.3) is 0 Å². The van der Waals surface area contributed by atoms with Gasteiger partial charge in [-0.05, 0) is 33.1 Å². The second-order valence-corrected chi connectivity index (χ2v) is 6.77. The van der Waals surface area contributed by atoms with Crippen molar-refractivity contribution >= 4 is 16.0 Å². The molecule has 21 heavy (non-hydrogen) atoms. The van der Waals surface area contributed by atoms with Gasteiger partial charge < -0.3 is 14.3 Å². The molecule has 2 heterocycles. The van der Waals surface area contributed by atoms with Crippen LogP contribution in [0.2, 0.25) is 0 Å². The van der Waals surface area contributed by atoms with Gasteiger partial charge in [0.2, 0.25) is 10.0 Å². The zero-order chi connectivity index (χ0) is 15.6. The molecule has 0 aliphatic carbocycles. The summed E-state index contributed by atoms with van der Waals surface area (Å²) in [5, 5.41) is 9.16. The third-order valence-corrected chi connectivity index (χ3v) is 5.04. The first-order valence-electron chi connectivity index (χ1n) is 6.77. The lowest BCUT2D eigenvalue weighted by Gasteiger charge is -2.22. The van der Waals surface area contributed by atoms with E-state index in [1.54, 1.807) is 0 Å². The number of carboxylic acids is 1. The standard InChI is InChI=1S/C13H19NO6S/c1-8-11(13(15)16)12(9(2)20-8)21(17,18)14-7-10-5-3-4-6-19-10/h10,14H,3-7H2,1-2H3,(H,15,16). The van der Waals surface area contributed by atoms with Gasteiger partial charge >= 0.3 is 5.97 Å². The van der Waals surface area contributed by atoms with Crippen LogP contribution < -0.4 is 4.72 Å². The molecular formula is C13H19NO6S. The summed E-state index contributed by atoms with van der Waals surface area (Å²) in [7, 11) is -3.95. The summed E-state index contributed by atoms with van der Waals surface area (Å²) in [6.07, 6.45) is 2.59. The monoisotopic (exact) mass is 317 g/mol. The van der Waals surface area contributed by atoms with Crippen molar-refractivity contribution in [1.29, 1.82) is 0 Å². The Morgan fingerprint density at radius 1 is 1.33 bits per heavy atom. The SMILES string of the molecule is Cc1oc(C)c(S(=O)(=O)NCC2CCCCO2)c1C(=O)O. The van der Waals surface area contributed by atoms with Gasteiger partial charge in [0.25, 0.3) is 0 Å². The van der Waals surface area contributed by atoms with Crippen LogP contribution in [0.1, 0.15) is 41.1 Å². The van der Waals surface area contributed by atoms with Gasteiger partial charge in [0.1, 0.15) is 22.0 Å². The van der Waals surface area contributed by atoms with E-state index in [0.29, 0.717) is 6.61 Å². The lowest BCUT2D eigenvalue weighted by molar-refractivity contribution is 0.0200. The molecule has 0 bridgehead atoms. The van der Waals surface area contributed by atoms with E-state index in [9.17, 15) is 13.2 Å². The number of rotatable bonds is 5. The van der Waals surface area contributed by atoms with Crippen molar-refractivity contribution in [1.82, 2.24) is 4.72 Å². The van der Waals surface area contributed by atoms with Crippen molar-refractivity contribution in [3.05, 3.63) is 17.1 Å². The topological polar surface area (TPSA) is 106 Å². The second kappa shape index (κ2) is 6.17. The molecule has 1 saturated heterocycles. The predicted octanol–water partition coefficient (Wildman–Crippen LogP) is 1.44. The summed E-state index contributed by atoms with van der Waals surface area (Å²) < 4.78 is 37.7. The highest BCUT2D eigenvalue weighted by atomic mass is 32.2. The van der Waals surface area contributed by atoms with Crippen LogP contribution in [0.15, 0.2) is 9.31 Å². The molecule has 1 aliphatic rings. The van der Waals surface area contributed by atoms with Gasteiger partial charge in [-0.25, -0.2) is 17.9 Å². The molecule has 0 saturated carbocycles. The Morgan fingerprint density at radius 3 is 2.62 bits per heavy atom. The summed E-state index contributed by atoms with van der Waals surface area (Å²) in [5.41, 5.74) is -0.315. The Kier molecular flexibility index (Phi) is 4.70. The number of carboxylic acid groups (broad SMARTS) is 1. The number of ether oxygens (including phenoxy) is 1. The average Bonchev–Trinajstić information content (AvgIpc) is 2.73. The average molecular weight is 317 g/mol. The van der Waals surface area contributed by atoms with Gasteiger partial charge in [-0.1, -0.05) is 0 Å². The second-order valence-electron chi connectivity index (χ2n) is 5.06. The number of sulfonamides is 1. The summed E-state index contributed by atoms with van der Waals surface area (Å²) >= 11 is 0. The zero-order valence-corrected chi connectivity index (χ0v) is 12.8. The molecule has 1 fully saturated rings. The molecule has 1 aromatic rings. The molecule has 2 rings (SSSR count). The fraction of sp³-hybridized carbons (Fsp3) is 0.615. The zero-order valence-electron chi connectivity index (χ0n) is 12.0. The minimum absolute atomic E-state index is 0.0713. The van der Waals surface area contributed by atoms with Gasteiger partial charge in [-0.2, -0.15) is 0 Å². The van der Waals surface area contributed by atoms with Crippen molar-refractivity contribution in [3.8, 4) is 0 Å². The molecule has 2 N–H and O–H groups in total. The Balaban J connectivity index is 2.21. The van der Waals surface area contributed by atoms with Crippen molar-refractivity contribution in [3.63, 3.8) is 0 Å². The minimum atomic E-state index is -3.95. The summed E-state index contributed by atoms with van der Waals surface area (Å²) in [4.78, 5) is 10.9. The van der Waals surface area contributed by atoms with Gasteiger partial charge in [0.15, 0.2) is 0 Å². The van der Waals surface area contributed by atoms with E-state index in [1.807, 2.05) is 0 Å². The van der Waals surface area contributed by atoms with Crippen molar-refractivity contribution in [2.45, 2.75) is 44.1 Å². The van der Waals surface area contributed by atoms with Crippen LogP contribution in [0.5, 0.6) is 0 Å². The Morgan fingerprint density at radius 2 is 2.05 bits per heavy atom. The number of aryl methyl sites for hydroxylation is 2. The highest BCUT2D eigenvalue weighted by Gasteiger charge is 2.31. The molecular weight excluding hydrogens is 298 g/mol. The fourth-order valence-electron chi connectivity index (χ4n) is 2.48. The third-order valence-electron chi connectivity index (χ3n) is 3.46. The molecule has 0 aromatic carbocycles. The van der Waals surface area contributed by atoms with Crippen LogP contribution in [-0.2, 0) is 14.8 Å². The number of furan rings is 1. The molecule has 1 aliphatic heterocycles. The molecule has 0 radical (unpaired) electrons. The van der Waals surface area contributed by atoms with E-state index in [-0.39, 0.29) is 34.6 Å². The van der Waals surface area contributed by atoms with Crippen LogP contribution in [0.3, 0.4) is 0 Å². The van der Waals surface area contributed by atoms with Crippen molar-refractivity contribution < 1.29 is 27.5 Å². The van der Waals surface area contributed by atoms with Crippen molar-refractivity contribution in [2.75, 3.05) is 13.2 Å². The summed E-state index contributed by atoms with van der Waals surface area (Å²) in [5.74, 6) is -1.17. The van der Waals surface area contributed by atoms with Crippen LogP contribution in [0, 0.1) is 13.8 Å². The first-order valence-corrected chi connectivity index (χ1v) is 8.26. The lowest BCUT2D eigenvalue weighted by atomic mass is 10.1. The maximum Gasteiger partial charge on any atom is 0.340 e. The van der Waals surface area contributed by atoms with E-state index in [0.717, 1.165) is 19.3 Å². The normalized spacial score (nSPS) is 19.6. The molecule has 1 atom stereocenters. The highest BCUT2D eigenvalue weighted by Crippen LogP contribution is 2.26. The smallest absolute Gasteiger partial charge is 0.340 e. The van der Waals surface area contributed by atoms with Gasteiger partial charge in [-0.3, -0.25) is 0 Å². The van der Waals surface area contributed by atoms with Crippen LogP contribution >= 0.6 is 0 Å². The minimum Gasteiger partial charge on any atom is -0.478 e. The predicted molar refractivity (Wildman–Crippen MR) is 73.9 cm³/mol. The Bertz CT molecular complexity index is 627. The Hall–Kier alpha value is -1.38. The van der Waals surface area contributed by atoms with Gasteiger partial charge in [0, 0.05) is 13.2 Å². The fourth-order valence-corrected chi connectivity index (χ4v) is 3.95. The van der Waals surface area contributed by atoms with E-state index in [1.165, 1.54) is 13.8 Å². The maximum absolute atomic E-state index is 12.3. The first kappa shape index (κ1) is 16.0. The molecule has 8 heteroatoms. The molecule has 7 nitrogen and oxygen atoms in total. The quantitative estimate of drug-likeness (QED) is 0.851. The molecule has 118 valence electrons. The maximum atomic E-state index is 12.3. The van der Waals surface area contributed by atoms with Crippen molar-refractivity contribution in [2.24, 2.45) is 0 Å². The van der Waals surface area contributed by atoms with E-state index in [2.05, 4.69) is 4.72 Å². The van der Waals surface area contributed by atoms with Crippen LogP contribution in [-0.4, -0.2) is 38.7 Å². The lowest BCUT2D eigenvalue weighted by Crippen LogP contribution is -2.36. The number of nitrogens with one attached hydrogen (secondary N) is 1. The van der Waals surface area contributed by atoms with E-state index in [4.69, 9.17) is 14.3 Å². The molecule has 1 unspecified atom stereocenters. The van der Waals surface area contributed by atoms with Gasteiger partial charge in [-0.15, -0.1) is 0 Å². The number of carbonyl (C=O) groups is 1. The number of hydrogen-bond acceptors (Lipinski definition) is 5.